The molecule has 24 heavy (non-hydrogen) atoms. The second-order valence-corrected chi connectivity index (χ2v) is 5.67. The number of aromatic amines is 2. The lowest BCUT2D eigenvalue weighted by molar-refractivity contribution is 0.841. The first-order valence-corrected chi connectivity index (χ1v) is 7.85. The zero-order valence-corrected chi connectivity index (χ0v) is 13.2. The number of rotatable bonds is 4. The second-order valence-electron chi connectivity index (χ2n) is 5.67. The minimum Gasteiger partial charge on any atom is -0.398 e. The molecule has 0 aliphatic rings. The molecular weight excluding hydrogens is 302 g/mol. The lowest BCUT2D eigenvalue weighted by atomic mass is 10.0. The van der Waals surface area contributed by atoms with Crippen LogP contribution in [0.15, 0.2) is 36.7 Å². The third-order valence-electron chi connectivity index (χ3n) is 3.92. The Labute approximate surface area is 138 Å². The fourth-order valence-electron chi connectivity index (χ4n) is 2.71. The average molecular weight is 319 g/mol. The van der Waals surface area contributed by atoms with Crippen LogP contribution in [0.1, 0.15) is 19.2 Å². The smallest absolute Gasteiger partial charge is 0.199 e. The monoisotopic (exact) mass is 319 g/mol. The fourth-order valence-corrected chi connectivity index (χ4v) is 2.71. The molecule has 3 aromatic heterocycles. The summed E-state index contributed by atoms with van der Waals surface area (Å²) in [5, 5.41) is 14.9. The van der Waals surface area contributed by atoms with Gasteiger partial charge in [-0.3, -0.25) is 10.2 Å². The number of nitrogens with two attached hydrogens (primary N) is 1. The Morgan fingerprint density at radius 3 is 2.83 bits per heavy atom. The molecule has 0 amide bonds. The van der Waals surface area contributed by atoms with Crippen LogP contribution in [0.25, 0.3) is 33.5 Å². The van der Waals surface area contributed by atoms with E-state index in [4.69, 9.17) is 5.73 Å². The van der Waals surface area contributed by atoms with Gasteiger partial charge in [0.15, 0.2) is 5.82 Å². The van der Waals surface area contributed by atoms with Crippen LogP contribution < -0.4 is 5.73 Å². The molecular formula is C17H17N7. The minimum atomic E-state index is 0.575. The van der Waals surface area contributed by atoms with Crippen molar-refractivity contribution in [2.45, 2.75) is 19.8 Å². The largest absolute Gasteiger partial charge is 0.398 e. The van der Waals surface area contributed by atoms with Gasteiger partial charge in [-0.15, -0.1) is 0 Å². The van der Waals surface area contributed by atoms with Crippen molar-refractivity contribution in [3.8, 4) is 22.6 Å². The van der Waals surface area contributed by atoms with E-state index in [2.05, 4.69) is 37.3 Å². The normalized spacial score (nSPS) is 11.2. The van der Waals surface area contributed by atoms with Gasteiger partial charge < -0.3 is 5.73 Å². The number of anilines is 1. The van der Waals surface area contributed by atoms with Gasteiger partial charge in [-0.25, -0.2) is 9.97 Å². The molecule has 0 saturated heterocycles. The quantitative estimate of drug-likeness (QED) is 0.536. The van der Waals surface area contributed by atoms with Crippen molar-refractivity contribution in [3.63, 3.8) is 0 Å². The summed E-state index contributed by atoms with van der Waals surface area (Å²) in [4.78, 5) is 9.13. The van der Waals surface area contributed by atoms with Crippen LogP contribution in [-0.4, -0.2) is 30.4 Å². The first kappa shape index (κ1) is 14.4. The number of hydrogen-bond donors (Lipinski definition) is 3. The molecule has 0 fully saturated rings. The van der Waals surface area contributed by atoms with E-state index < -0.39 is 0 Å². The number of nitrogens with zero attached hydrogens (tertiary/aromatic N) is 4. The van der Waals surface area contributed by atoms with Crippen molar-refractivity contribution < 1.29 is 0 Å². The highest BCUT2D eigenvalue weighted by Crippen LogP contribution is 2.29. The predicted molar refractivity (Wildman–Crippen MR) is 93.1 cm³/mol. The topological polar surface area (TPSA) is 109 Å². The summed E-state index contributed by atoms with van der Waals surface area (Å²) < 4.78 is 0. The molecule has 0 aliphatic heterocycles. The van der Waals surface area contributed by atoms with Crippen molar-refractivity contribution in [1.29, 1.82) is 0 Å². The molecule has 4 rings (SSSR count). The fraction of sp³-hybridized carbons (Fsp3) is 0.176. The molecule has 0 atom stereocenters. The molecule has 0 bridgehead atoms. The maximum absolute atomic E-state index is 6.25. The van der Waals surface area contributed by atoms with Gasteiger partial charge >= 0.3 is 0 Å². The third-order valence-corrected chi connectivity index (χ3v) is 3.92. The predicted octanol–water partition coefficient (Wildman–Crippen LogP) is 2.94. The Bertz CT molecular complexity index is 986. The highest BCUT2D eigenvalue weighted by atomic mass is 15.2. The molecule has 0 unspecified atom stereocenters. The van der Waals surface area contributed by atoms with E-state index in [1.54, 1.807) is 6.20 Å². The Kier molecular flexibility index (Phi) is 3.45. The summed E-state index contributed by atoms with van der Waals surface area (Å²) >= 11 is 0. The van der Waals surface area contributed by atoms with Crippen LogP contribution in [0.4, 0.5) is 5.69 Å². The summed E-state index contributed by atoms with van der Waals surface area (Å²) in [5.74, 6) is 1.44. The van der Waals surface area contributed by atoms with Gasteiger partial charge in [0, 0.05) is 29.3 Å². The SMILES string of the molecule is CCCc1nc(-c2cc(N)c3cc(-c4cn[nH]c4)ccc3n2)n[nH]1. The van der Waals surface area contributed by atoms with Crippen LogP contribution in [0.5, 0.6) is 0 Å². The van der Waals surface area contributed by atoms with Gasteiger partial charge in [0.05, 0.1) is 11.7 Å². The number of H-pyrrole nitrogens is 2. The Hall–Kier alpha value is -3.22. The number of nitrogen functional groups attached to an aromatic ring is 1. The molecule has 0 aliphatic carbocycles. The average Bonchev–Trinajstić information content (AvgIpc) is 3.26. The van der Waals surface area contributed by atoms with E-state index in [1.807, 2.05) is 30.5 Å². The molecule has 3 heterocycles. The molecule has 120 valence electrons. The van der Waals surface area contributed by atoms with Crippen molar-refractivity contribution in [3.05, 3.63) is 42.5 Å². The summed E-state index contributed by atoms with van der Waals surface area (Å²) in [7, 11) is 0. The van der Waals surface area contributed by atoms with Crippen molar-refractivity contribution in [2.24, 2.45) is 0 Å². The summed E-state index contributed by atoms with van der Waals surface area (Å²) in [6, 6.07) is 7.80. The first-order valence-electron chi connectivity index (χ1n) is 7.85. The molecule has 7 nitrogen and oxygen atoms in total. The number of pyridine rings is 1. The number of benzene rings is 1. The van der Waals surface area contributed by atoms with E-state index in [9.17, 15) is 0 Å². The van der Waals surface area contributed by atoms with E-state index >= 15 is 0 Å². The molecule has 4 aromatic rings. The first-order chi connectivity index (χ1) is 11.7. The maximum Gasteiger partial charge on any atom is 0.199 e. The maximum atomic E-state index is 6.25. The highest BCUT2D eigenvalue weighted by Gasteiger charge is 2.11. The van der Waals surface area contributed by atoms with Crippen LogP contribution in [0.3, 0.4) is 0 Å². The Morgan fingerprint density at radius 2 is 2.04 bits per heavy atom. The Balaban J connectivity index is 1.78. The lowest BCUT2D eigenvalue weighted by Crippen LogP contribution is -1.94. The second kappa shape index (κ2) is 5.77. The van der Waals surface area contributed by atoms with Crippen LogP contribution in [0.2, 0.25) is 0 Å². The summed E-state index contributed by atoms with van der Waals surface area (Å²) in [6.45, 7) is 2.10. The van der Waals surface area contributed by atoms with Crippen LogP contribution in [0, 0.1) is 0 Å². The number of fused-ring (bicyclic) bond motifs is 1. The zero-order valence-electron chi connectivity index (χ0n) is 13.2. The highest BCUT2D eigenvalue weighted by molar-refractivity contribution is 5.95. The lowest BCUT2D eigenvalue weighted by Gasteiger charge is -2.06. The number of nitrogens with one attached hydrogen (secondary N) is 2. The minimum absolute atomic E-state index is 0.575. The third kappa shape index (κ3) is 2.50. The van der Waals surface area contributed by atoms with Gasteiger partial charge in [0.1, 0.15) is 11.5 Å². The van der Waals surface area contributed by atoms with Crippen molar-refractivity contribution >= 4 is 16.6 Å². The molecule has 0 radical (unpaired) electrons. The molecule has 7 heteroatoms. The summed E-state index contributed by atoms with van der Waals surface area (Å²) in [6.07, 6.45) is 5.51. The van der Waals surface area contributed by atoms with Gasteiger partial charge in [-0.05, 0) is 30.2 Å². The number of hydrogen-bond acceptors (Lipinski definition) is 5. The molecule has 1 aromatic carbocycles. The Morgan fingerprint density at radius 1 is 1.12 bits per heavy atom. The molecule has 4 N–H and O–H groups in total. The molecule has 0 spiro atoms. The van der Waals surface area contributed by atoms with Crippen LogP contribution in [-0.2, 0) is 6.42 Å². The van der Waals surface area contributed by atoms with Crippen LogP contribution >= 0.6 is 0 Å². The van der Waals surface area contributed by atoms with E-state index in [1.165, 1.54) is 0 Å². The van der Waals surface area contributed by atoms with Gasteiger partial charge in [0.2, 0.25) is 0 Å². The number of aromatic nitrogens is 6. The van der Waals surface area contributed by atoms with Crippen molar-refractivity contribution in [1.82, 2.24) is 30.4 Å². The van der Waals surface area contributed by atoms with E-state index in [0.717, 1.165) is 40.7 Å². The van der Waals surface area contributed by atoms with Gasteiger partial charge in [-0.2, -0.15) is 10.2 Å². The number of aryl methyl sites for hydroxylation is 1. The summed E-state index contributed by atoms with van der Waals surface area (Å²) in [5.41, 5.74) is 10.5. The standard InChI is InChI=1S/C17H17N7/c1-2-3-16-22-17(24-23-16)15-7-13(18)12-6-10(4-5-14(12)21-15)11-8-19-20-9-11/h4-9H,2-3H2,1H3,(H2,18,21)(H,19,20)(H,22,23,24). The van der Waals surface area contributed by atoms with E-state index in [-0.39, 0.29) is 0 Å². The van der Waals surface area contributed by atoms with Crippen molar-refractivity contribution in [2.75, 3.05) is 5.73 Å². The van der Waals surface area contributed by atoms with E-state index in [0.29, 0.717) is 17.2 Å². The molecule has 0 saturated carbocycles. The van der Waals surface area contributed by atoms with Gasteiger partial charge in [-0.1, -0.05) is 13.0 Å². The zero-order chi connectivity index (χ0) is 16.5. The van der Waals surface area contributed by atoms with Gasteiger partial charge in [0.25, 0.3) is 0 Å².